The number of hydrazine groups is 1. The molecule has 0 saturated heterocycles. The van der Waals surface area contributed by atoms with Crippen LogP contribution in [-0.2, 0) is 4.79 Å². The number of rotatable bonds is 4. The second kappa shape index (κ2) is 8.44. The molecule has 0 bridgehead atoms. The number of carbonyl (C=O) groups excluding carboxylic acids is 3. The minimum atomic E-state index is -0.442. The average molecular weight is 437 g/mol. The van der Waals surface area contributed by atoms with Gasteiger partial charge in [0.2, 0.25) is 5.91 Å². The van der Waals surface area contributed by atoms with Crippen LogP contribution in [-0.4, -0.2) is 17.7 Å². The molecule has 2 rings (SSSR count). The number of anilines is 1. The van der Waals surface area contributed by atoms with Crippen molar-refractivity contribution in [1.29, 1.82) is 0 Å². The molecule has 0 unspecified atom stereocenters. The van der Waals surface area contributed by atoms with Gasteiger partial charge in [-0.05, 0) is 59.0 Å². The molecular formula is C17H16IN3O3. The highest BCUT2D eigenvalue weighted by Gasteiger charge is 2.11. The lowest BCUT2D eigenvalue weighted by atomic mass is 10.2. The van der Waals surface area contributed by atoms with Crippen LogP contribution >= 0.6 is 22.6 Å². The number of carbonyl (C=O) groups is 3. The van der Waals surface area contributed by atoms with Crippen LogP contribution in [0.1, 0.15) is 34.1 Å². The van der Waals surface area contributed by atoms with Gasteiger partial charge in [-0.3, -0.25) is 25.2 Å². The molecule has 2 aromatic carbocycles. The maximum atomic E-state index is 12.0. The van der Waals surface area contributed by atoms with Gasteiger partial charge in [-0.15, -0.1) is 0 Å². The Hall–Kier alpha value is -2.42. The molecule has 0 aliphatic rings. The van der Waals surface area contributed by atoms with E-state index in [1.165, 1.54) is 0 Å². The van der Waals surface area contributed by atoms with Gasteiger partial charge in [-0.25, -0.2) is 0 Å². The minimum Gasteiger partial charge on any atom is -0.326 e. The smallest absolute Gasteiger partial charge is 0.270 e. The lowest BCUT2D eigenvalue weighted by Gasteiger charge is -2.09. The first-order chi connectivity index (χ1) is 11.5. The zero-order chi connectivity index (χ0) is 17.5. The van der Waals surface area contributed by atoms with E-state index in [1.807, 2.05) is 6.07 Å². The third kappa shape index (κ3) is 4.79. The summed E-state index contributed by atoms with van der Waals surface area (Å²) >= 11 is 2.05. The van der Waals surface area contributed by atoms with Crippen molar-refractivity contribution in [2.75, 3.05) is 5.32 Å². The van der Waals surface area contributed by atoms with Crippen molar-refractivity contribution < 1.29 is 14.4 Å². The summed E-state index contributed by atoms with van der Waals surface area (Å²) in [6.45, 7) is 1.76. The number of nitrogens with one attached hydrogen (secondary N) is 3. The van der Waals surface area contributed by atoms with E-state index in [1.54, 1.807) is 49.4 Å². The fourth-order valence-electron chi connectivity index (χ4n) is 1.85. The van der Waals surface area contributed by atoms with Gasteiger partial charge in [-0.2, -0.15) is 0 Å². The van der Waals surface area contributed by atoms with Crippen LogP contribution < -0.4 is 16.2 Å². The zero-order valence-corrected chi connectivity index (χ0v) is 15.1. The van der Waals surface area contributed by atoms with E-state index in [4.69, 9.17) is 0 Å². The number of halogens is 1. The molecule has 124 valence electrons. The van der Waals surface area contributed by atoms with E-state index in [0.717, 1.165) is 3.57 Å². The molecule has 0 saturated carbocycles. The van der Waals surface area contributed by atoms with Gasteiger partial charge in [0.1, 0.15) is 0 Å². The van der Waals surface area contributed by atoms with Gasteiger partial charge in [0.05, 0.1) is 5.56 Å². The highest BCUT2D eigenvalue weighted by Crippen LogP contribution is 2.11. The van der Waals surface area contributed by atoms with Crippen molar-refractivity contribution in [3.05, 3.63) is 63.2 Å². The predicted molar refractivity (Wildman–Crippen MR) is 99.5 cm³/mol. The quantitative estimate of drug-likeness (QED) is 0.508. The first-order valence-electron chi connectivity index (χ1n) is 7.26. The fourth-order valence-corrected chi connectivity index (χ4v) is 2.49. The summed E-state index contributed by atoms with van der Waals surface area (Å²) in [5.74, 6) is -0.931. The Morgan fingerprint density at radius 1 is 0.917 bits per heavy atom. The Kier molecular flexibility index (Phi) is 6.30. The molecule has 0 aliphatic carbocycles. The lowest BCUT2D eigenvalue weighted by Crippen LogP contribution is -2.41. The second-order valence-electron chi connectivity index (χ2n) is 4.87. The molecule has 0 heterocycles. The van der Waals surface area contributed by atoms with Crippen molar-refractivity contribution in [2.45, 2.75) is 13.3 Å². The summed E-state index contributed by atoms with van der Waals surface area (Å²) in [5, 5.41) is 2.69. The largest absolute Gasteiger partial charge is 0.326 e. The molecule has 0 aliphatic heterocycles. The van der Waals surface area contributed by atoms with Crippen LogP contribution in [0.3, 0.4) is 0 Å². The maximum absolute atomic E-state index is 12.0. The molecule has 2 aromatic rings. The van der Waals surface area contributed by atoms with E-state index in [9.17, 15) is 14.4 Å². The summed E-state index contributed by atoms with van der Waals surface area (Å²) in [6.07, 6.45) is 0.382. The van der Waals surface area contributed by atoms with Crippen molar-refractivity contribution in [3.63, 3.8) is 0 Å². The Labute approximate surface area is 153 Å². The molecule has 3 amide bonds. The third-order valence-electron chi connectivity index (χ3n) is 3.16. The Morgan fingerprint density at radius 3 is 2.17 bits per heavy atom. The Morgan fingerprint density at radius 2 is 1.54 bits per heavy atom. The standard InChI is InChI=1S/C17H16IN3O3/c1-2-15(22)19-12-9-7-11(8-10-12)16(23)20-21-17(24)13-5-3-4-6-14(13)18/h3-10H,2H2,1H3,(H,19,22)(H,20,23)(H,21,24). The van der Waals surface area contributed by atoms with Gasteiger partial charge in [0.15, 0.2) is 0 Å². The zero-order valence-electron chi connectivity index (χ0n) is 12.9. The average Bonchev–Trinajstić information content (AvgIpc) is 2.60. The van der Waals surface area contributed by atoms with E-state index < -0.39 is 5.91 Å². The van der Waals surface area contributed by atoms with Crippen LogP contribution in [0.4, 0.5) is 5.69 Å². The molecule has 0 fully saturated rings. The maximum Gasteiger partial charge on any atom is 0.270 e. The van der Waals surface area contributed by atoms with Crippen molar-refractivity contribution >= 4 is 46.0 Å². The number of benzene rings is 2. The summed E-state index contributed by atoms with van der Waals surface area (Å²) in [6, 6.07) is 13.5. The SMILES string of the molecule is CCC(=O)Nc1ccc(C(=O)NNC(=O)c2ccccc2I)cc1. The van der Waals surface area contributed by atoms with Gasteiger partial charge >= 0.3 is 0 Å². The first-order valence-corrected chi connectivity index (χ1v) is 8.34. The highest BCUT2D eigenvalue weighted by molar-refractivity contribution is 14.1. The van der Waals surface area contributed by atoms with Gasteiger partial charge in [-0.1, -0.05) is 19.1 Å². The second-order valence-corrected chi connectivity index (χ2v) is 6.03. The molecule has 3 N–H and O–H groups in total. The van der Waals surface area contributed by atoms with Crippen molar-refractivity contribution in [3.8, 4) is 0 Å². The predicted octanol–water partition coefficient (Wildman–Crippen LogP) is 2.71. The van der Waals surface area contributed by atoms with Crippen molar-refractivity contribution in [1.82, 2.24) is 10.9 Å². The van der Waals surface area contributed by atoms with Crippen molar-refractivity contribution in [2.24, 2.45) is 0 Å². The number of amides is 3. The van der Waals surface area contributed by atoms with Crippen LogP contribution in [0.5, 0.6) is 0 Å². The van der Waals surface area contributed by atoms with Gasteiger partial charge < -0.3 is 5.32 Å². The van der Waals surface area contributed by atoms with Crippen LogP contribution in [0.25, 0.3) is 0 Å². The molecule has 6 nitrogen and oxygen atoms in total. The summed E-state index contributed by atoms with van der Waals surface area (Å²) < 4.78 is 0.790. The number of hydrogen-bond donors (Lipinski definition) is 3. The topological polar surface area (TPSA) is 87.3 Å². The Bertz CT molecular complexity index is 760. The van der Waals surface area contributed by atoms with E-state index in [0.29, 0.717) is 23.2 Å². The number of hydrogen-bond acceptors (Lipinski definition) is 3. The van der Waals surface area contributed by atoms with E-state index in [2.05, 4.69) is 38.8 Å². The van der Waals surface area contributed by atoms with E-state index >= 15 is 0 Å². The summed E-state index contributed by atoms with van der Waals surface area (Å²) in [4.78, 5) is 35.4. The molecule has 0 radical (unpaired) electrons. The van der Waals surface area contributed by atoms with Crippen LogP contribution in [0.2, 0.25) is 0 Å². The molecule has 0 atom stereocenters. The fraction of sp³-hybridized carbons (Fsp3) is 0.118. The normalized spacial score (nSPS) is 9.92. The molecule has 0 spiro atoms. The molecule has 24 heavy (non-hydrogen) atoms. The van der Waals surface area contributed by atoms with Gasteiger partial charge in [0.25, 0.3) is 11.8 Å². The minimum absolute atomic E-state index is 0.100. The summed E-state index contributed by atoms with van der Waals surface area (Å²) in [5.41, 5.74) is 6.21. The summed E-state index contributed by atoms with van der Waals surface area (Å²) in [7, 11) is 0. The molecule has 0 aromatic heterocycles. The molecule has 7 heteroatoms. The first kappa shape index (κ1) is 17.9. The monoisotopic (exact) mass is 437 g/mol. The Balaban J connectivity index is 1.94. The third-order valence-corrected chi connectivity index (χ3v) is 4.10. The van der Waals surface area contributed by atoms with Crippen LogP contribution in [0, 0.1) is 3.57 Å². The lowest BCUT2D eigenvalue weighted by molar-refractivity contribution is -0.115. The van der Waals surface area contributed by atoms with Gasteiger partial charge in [0, 0.05) is 21.2 Å². The molecular weight excluding hydrogens is 421 g/mol. The highest BCUT2D eigenvalue weighted by atomic mass is 127. The van der Waals surface area contributed by atoms with Crippen LogP contribution in [0.15, 0.2) is 48.5 Å². The van der Waals surface area contributed by atoms with E-state index in [-0.39, 0.29) is 11.8 Å².